The Kier molecular flexibility index (Phi) is 7.30. The minimum Gasteiger partial charge on any atom is -0.300 e. The summed E-state index contributed by atoms with van der Waals surface area (Å²) in [5.74, 6) is 0.322. The summed E-state index contributed by atoms with van der Waals surface area (Å²) in [6.45, 7) is 14.0. The van der Waals surface area contributed by atoms with E-state index in [1.807, 2.05) is 20.8 Å². The Hall–Kier alpha value is -0.760. The fourth-order valence-electron chi connectivity index (χ4n) is 1.56. The molecule has 0 aromatic heterocycles. The highest BCUT2D eigenvalue weighted by Gasteiger charge is 2.30. The summed E-state index contributed by atoms with van der Waals surface area (Å²) in [5, 5.41) is 0. The maximum Gasteiger partial charge on any atom is 0.134 e. The molecule has 1 nitrogen and oxygen atoms in total. The molecular weight excluding hydrogens is 240 g/mol. The summed E-state index contributed by atoms with van der Waals surface area (Å²) in [6.07, 6.45) is 0. The third kappa shape index (κ3) is 5.26. The summed E-state index contributed by atoms with van der Waals surface area (Å²) in [7, 11) is 0. The summed E-state index contributed by atoms with van der Waals surface area (Å²) in [6, 6.07) is 8.42. The zero-order valence-electron chi connectivity index (χ0n) is 12.7. The second-order valence-corrected chi connectivity index (χ2v) is 6.58. The van der Waals surface area contributed by atoms with Crippen LogP contribution < -0.4 is 0 Å². The minimum absolute atomic E-state index is 0.0559. The molecule has 0 amide bonds. The first kappa shape index (κ1) is 17.2. The lowest BCUT2D eigenvalue weighted by Crippen LogP contribution is -2.30. The van der Waals surface area contributed by atoms with Crippen LogP contribution in [0, 0.1) is 12.8 Å². The largest absolute Gasteiger partial charge is 0.300 e. The summed E-state index contributed by atoms with van der Waals surface area (Å²) < 4.78 is -0.0559. The summed E-state index contributed by atoms with van der Waals surface area (Å²) in [4.78, 5) is 12.7. The van der Waals surface area contributed by atoms with Crippen molar-refractivity contribution in [2.45, 2.75) is 58.1 Å². The van der Waals surface area contributed by atoms with Gasteiger partial charge in [0.1, 0.15) is 5.78 Å². The van der Waals surface area contributed by atoms with Gasteiger partial charge in [-0.3, -0.25) is 4.79 Å². The Morgan fingerprint density at radius 2 is 1.83 bits per heavy atom. The number of hydrogen-bond acceptors (Lipinski definition) is 2. The van der Waals surface area contributed by atoms with Gasteiger partial charge >= 0.3 is 0 Å². The number of ketones is 1. The van der Waals surface area contributed by atoms with Crippen LogP contribution in [0.25, 0.3) is 0 Å². The minimum atomic E-state index is -0.0559. The Labute approximate surface area is 116 Å². The second kappa shape index (κ2) is 7.63. The van der Waals surface area contributed by atoms with Gasteiger partial charge in [-0.1, -0.05) is 38.5 Å². The lowest BCUT2D eigenvalue weighted by molar-refractivity contribution is -0.120. The van der Waals surface area contributed by atoms with E-state index in [9.17, 15) is 4.79 Å². The van der Waals surface area contributed by atoms with Gasteiger partial charge in [0, 0.05) is 15.6 Å². The average Bonchev–Trinajstić information content (AvgIpc) is 2.30. The van der Waals surface area contributed by atoms with Crippen molar-refractivity contribution in [1.29, 1.82) is 0 Å². The molecule has 1 aromatic carbocycles. The molecule has 0 N–H and O–H groups in total. The molecule has 2 heteroatoms. The van der Waals surface area contributed by atoms with Crippen LogP contribution in [-0.2, 0) is 4.79 Å². The fraction of sp³-hybridized carbons (Fsp3) is 0.562. The molecule has 0 fully saturated rings. The van der Waals surface area contributed by atoms with Crippen molar-refractivity contribution in [2.24, 2.45) is 5.92 Å². The number of benzene rings is 1. The Morgan fingerprint density at radius 1 is 1.28 bits per heavy atom. The van der Waals surface area contributed by atoms with E-state index in [2.05, 4.69) is 45.0 Å². The molecule has 1 aromatic rings. The first-order chi connectivity index (χ1) is 8.33. The van der Waals surface area contributed by atoms with Crippen molar-refractivity contribution < 1.29 is 4.79 Å². The number of carbonyl (C=O) groups is 1. The average molecular weight is 266 g/mol. The molecule has 1 atom stereocenters. The number of hydrogen-bond donors (Lipinski definition) is 0. The predicted molar refractivity (Wildman–Crippen MR) is 82.3 cm³/mol. The van der Waals surface area contributed by atoms with Crippen LogP contribution in [-0.4, -0.2) is 10.5 Å². The van der Waals surface area contributed by atoms with Crippen molar-refractivity contribution >= 4 is 17.5 Å². The fourth-order valence-corrected chi connectivity index (χ4v) is 2.90. The van der Waals surface area contributed by atoms with Gasteiger partial charge in [-0.2, -0.15) is 0 Å². The molecule has 0 radical (unpaired) electrons. The SMILES string of the molecule is CC.CC(=O)C(C)C(C)(C)Sc1cccc(C)c1. The van der Waals surface area contributed by atoms with Gasteiger partial charge in [-0.25, -0.2) is 0 Å². The number of thioether (sulfide) groups is 1. The predicted octanol–water partition coefficient (Wildman–Crippen LogP) is 5.12. The van der Waals surface area contributed by atoms with Crippen LogP contribution in [0.1, 0.15) is 47.1 Å². The van der Waals surface area contributed by atoms with Gasteiger partial charge in [-0.15, -0.1) is 11.8 Å². The highest BCUT2D eigenvalue weighted by molar-refractivity contribution is 8.00. The third-order valence-electron chi connectivity index (χ3n) is 3.02. The molecule has 0 aliphatic carbocycles. The first-order valence-corrected chi connectivity index (χ1v) is 7.40. The van der Waals surface area contributed by atoms with Gasteiger partial charge in [-0.05, 0) is 39.8 Å². The smallest absolute Gasteiger partial charge is 0.134 e. The van der Waals surface area contributed by atoms with Gasteiger partial charge in [0.15, 0.2) is 0 Å². The topological polar surface area (TPSA) is 17.1 Å². The highest BCUT2D eigenvalue weighted by atomic mass is 32.2. The number of aryl methyl sites for hydroxylation is 1. The van der Waals surface area contributed by atoms with Crippen molar-refractivity contribution in [3.63, 3.8) is 0 Å². The Morgan fingerprint density at radius 3 is 2.28 bits per heavy atom. The molecule has 0 aliphatic heterocycles. The molecule has 0 bridgehead atoms. The number of carbonyl (C=O) groups excluding carboxylic acids is 1. The third-order valence-corrected chi connectivity index (χ3v) is 4.39. The van der Waals surface area contributed by atoms with Crippen molar-refractivity contribution in [3.8, 4) is 0 Å². The van der Waals surface area contributed by atoms with Gasteiger partial charge in [0.05, 0.1) is 0 Å². The molecule has 1 unspecified atom stereocenters. The summed E-state index contributed by atoms with van der Waals surface area (Å²) in [5.41, 5.74) is 1.26. The van der Waals surface area contributed by atoms with Crippen molar-refractivity contribution in [2.75, 3.05) is 0 Å². The van der Waals surface area contributed by atoms with E-state index < -0.39 is 0 Å². The van der Waals surface area contributed by atoms with Crippen molar-refractivity contribution in [1.82, 2.24) is 0 Å². The molecule has 102 valence electrons. The van der Waals surface area contributed by atoms with E-state index in [0.29, 0.717) is 0 Å². The number of rotatable bonds is 4. The van der Waals surface area contributed by atoms with E-state index in [-0.39, 0.29) is 16.4 Å². The van der Waals surface area contributed by atoms with Crippen LogP contribution >= 0.6 is 11.8 Å². The Balaban J connectivity index is 0.00000137. The first-order valence-electron chi connectivity index (χ1n) is 6.59. The molecule has 18 heavy (non-hydrogen) atoms. The second-order valence-electron chi connectivity index (χ2n) is 4.85. The number of Topliss-reactive ketones (excluding diaryl/α,β-unsaturated/α-hetero) is 1. The standard InChI is InChI=1S/C14H20OS.C2H6/c1-10-7-6-8-13(9-10)16-14(4,5)11(2)12(3)15;1-2/h6-9,11H,1-5H3;1-2H3. The molecule has 0 saturated carbocycles. The van der Waals surface area contributed by atoms with Crippen LogP contribution in [0.2, 0.25) is 0 Å². The molecule has 0 aliphatic rings. The zero-order valence-corrected chi connectivity index (χ0v) is 13.5. The van der Waals surface area contributed by atoms with E-state index >= 15 is 0 Å². The zero-order chi connectivity index (χ0) is 14.3. The Bertz CT molecular complexity index is 382. The molecular formula is C16H26OS. The van der Waals surface area contributed by atoms with Gasteiger partial charge in [0.2, 0.25) is 0 Å². The molecule has 0 heterocycles. The monoisotopic (exact) mass is 266 g/mol. The van der Waals surface area contributed by atoms with Crippen LogP contribution in [0.3, 0.4) is 0 Å². The quantitative estimate of drug-likeness (QED) is 0.704. The van der Waals surface area contributed by atoms with Gasteiger partial charge < -0.3 is 0 Å². The van der Waals surface area contributed by atoms with E-state index in [1.54, 1.807) is 18.7 Å². The maximum absolute atomic E-state index is 11.4. The van der Waals surface area contributed by atoms with Gasteiger partial charge in [0.25, 0.3) is 0 Å². The maximum atomic E-state index is 11.4. The van der Waals surface area contributed by atoms with Crippen LogP contribution in [0.4, 0.5) is 0 Å². The van der Waals surface area contributed by atoms with E-state index in [1.165, 1.54) is 10.5 Å². The molecule has 0 spiro atoms. The summed E-state index contributed by atoms with van der Waals surface area (Å²) >= 11 is 1.78. The van der Waals surface area contributed by atoms with E-state index in [4.69, 9.17) is 0 Å². The normalized spacial score (nSPS) is 12.4. The molecule has 1 rings (SSSR count). The van der Waals surface area contributed by atoms with Crippen molar-refractivity contribution in [3.05, 3.63) is 29.8 Å². The highest BCUT2D eigenvalue weighted by Crippen LogP contribution is 2.38. The van der Waals surface area contributed by atoms with E-state index in [0.717, 1.165) is 0 Å². The van der Waals surface area contributed by atoms with Crippen LogP contribution in [0.15, 0.2) is 29.2 Å². The lowest BCUT2D eigenvalue weighted by atomic mass is 9.93. The van der Waals surface area contributed by atoms with Crippen LogP contribution in [0.5, 0.6) is 0 Å². The molecule has 0 saturated heterocycles. The lowest BCUT2D eigenvalue weighted by Gasteiger charge is -2.29.